The van der Waals surface area contributed by atoms with Crippen molar-refractivity contribution in [2.45, 2.75) is 6.04 Å². The Kier molecular flexibility index (Phi) is 2.24. The van der Waals surface area contributed by atoms with Crippen LogP contribution in [-0.2, 0) is 0 Å². The van der Waals surface area contributed by atoms with Crippen LogP contribution < -0.4 is 10.5 Å². The highest BCUT2D eigenvalue weighted by molar-refractivity contribution is 5.79. The van der Waals surface area contributed by atoms with E-state index in [-0.39, 0.29) is 11.9 Å². The first-order valence-corrected chi connectivity index (χ1v) is 6.39. The van der Waals surface area contributed by atoms with Crippen LogP contribution in [0.1, 0.15) is 11.6 Å². The quantitative estimate of drug-likeness (QED) is 0.739. The van der Waals surface area contributed by atoms with Gasteiger partial charge in [-0.1, -0.05) is 18.2 Å². The summed E-state index contributed by atoms with van der Waals surface area (Å²) < 4.78 is 20.9. The van der Waals surface area contributed by atoms with Crippen LogP contribution in [0.2, 0.25) is 0 Å². The smallest absolute Gasteiger partial charge is 0.201 e. The number of nitrogens with two attached hydrogens (primary N) is 1. The number of nitrogens with zero attached hydrogens (tertiary/aromatic N) is 2. The SMILES string of the molecule is Nc1nc2cc(F)ccc2n1C1COc2ccccc21. The van der Waals surface area contributed by atoms with Crippen molar-refractivity contribution in [3.05, 3.63) is 53.8 Å². The van der Waals surface area contributed by atoms with Gasteiger partial charge in [0.15, 0.2) is 0 Å². The highest BCUT2D eigenvalue weighted by atomic mass is 19.1. The molecule has 1 aliphatic heterocycles. The normalized spacial score (nSPS) is 17.1. The van der Waals surface area contributed by atoms with E-state index in [4.69, 9.17) is 10.5 Å². The van der Waals surface area contributed by atoms with Crippen LogP contribution in [0.15, 0.2) is 42.5 Å². The molecule has 100 valence electrons. The Morgan fingerprint density at radius 1 is 1.25 bits per heavy atom. The predicted molar refractivity (Wildman–Crippen MR) is 74.2 cm³/mol. The minimum atomic E-state index is -0.315. The van der Waals surface area contributed by atoms with E-state index in [0.717, 1.165) is 16.8 Å². The number of para-hydroxylation sites is 1. The highest BCUT2D eigenvalue weighted by Gasteiger charge is 2.28. The van der Waals surface area contributed by atoms with Gasteiger partial charge in [-0.2, -0.15) is 0 Å². The summed E-state index contributed by atoms with van der Waals surface area (Å²) in [5.74, 6) is 0.919. The average molecular weight is 269 g/mol. The summed E-state index contributed by atoms with van der Waals surface area (Å²) in [4.78, 5) is 4.24. The summed E-state index contributed by atoms with van der Waals surface area (Å²) in [6.07, 6.45) is 0. The Morgan fingerprint density at radius 3 is 3.00 bits per heavy atom. The minimum Gasteiger partial charge on any atom is -0.491 e. The molecule has 0 aliphatic carbocycles. The third kappa shape index (κ3) is 1.49. The monoisotopic (exact) mass is 269 g/mol. The van der Waals surface area contributed by atoms with Gasteiger partial charge in [-0.05, 0) is 18.2 Å². The number of hydrogen-bond donors (Lipinski definition) is 1. The van der Waals surface area contributed by atoms with Crippen LogP contribution in [0.5, 0.6) is 5.75 Å². The number of hydrogen-bond acceptors (Lipinski definition) is 3. The maximum Gasteiger partial charge on any atom is 0.201 e. The predicted octanol–water partition coefficient (Wildman–Crippen LogP) is 2.74. The summed E-state index contributed by atoms with van der Waals surface area (Å²) in [6.45, 7) is 0.506. The Balaban J connectivity index is 1.94. The van der Waals surface area contributed by atoms with Crippen LogP contribution in [0.3, 0.4) is 0 Å². The molecule has 3 aromatic rings. The van der Waals surface area contributed by atoms with Crippen molar-refractivity contribution in [3.8, 4) is 5.75 Å². The van der Waals surface area contributed by atoms with E-state index in [0.29, 0.717) is 18.1 Å². The van der Waals surface area contributed by atoms with Crippen LogP contribution in [-0.4, -0.2) is 16.2 Å². The Labute approximate surface area is 114 Å². The minimum absolute atomic E-state index is 0.0262. The van der Waals surface area contributed by atoms with Gasteiger partial charge in [0, 0.05) is 11.6 Å². The van der Waals surface area contributed by atoms with Gasteiger partial charge >= 0.3 is 0 Å². The van der Waals surface area contributed by atoms with Crippen molar-refractivity contribution < 1.29 is 9.13 Å². The van der Waals surface area contributed by atoms with Crippen molar-refractivity contribution >= 4 is 17.0 Å². The molecule has 4 rings (SSSR count). The molecule has 0 fully saturated rings. The topological polar surface area (TPSA) is 53.1 Å². The Hall–Kier alpha value is -2.56. The fourth-order valence-electron chi connectivity index (χ4n) is 2.78. The first kappa shape index (κ1) is 11.3. The summed E-state index contributed by atoms with van der Waals surface area (Å²) >= 11 is 0. The standard InChI is InChI=1S/C15H12FN3O/c16-9-5-6-12-11(7-9)18-15(17)19(12)13-8-20-14-4-2-1-3-10(13)14/h1-7,13H,8H2,(H2,17,18). The molecule has 1 aliphatic rings. The Morgan fingerprint density at radius 2 is 2.10 bits per heavy atom. The number of rotatable bonds is 1. The van der Waals surface area contributed by atoms with Crippen LogP contribution in [0.25, 0.3) is 11.0 Å². The van der Waals surface area contributed by atoms with Crippen LogP contribution in [0.4, 0.5) is 10.3 Å². The van der Waals surface area contributed by atoms with Crippen LogP contribution in [0, 0.1) is 5.82 Å². The first-order chi connectivity index (χ1) is 9.74. The van der Waals surface area contributed by atoms with E-state index >= 15 is 0 Å². The lowest BCUT2D eigenvalue weighted by Crippen LogP contribution is -2.14. The van der Waals surface area contributed by atoms with Crippen LogP contribution >= 0.6 is 0 Å². The second-order valence-corrected chi connectivity index (χ2v) is 4.84. The van der Waals surface area contributed by atoms with Crippen molar-refractivity contribution in [3.63, 3.8) is 0 Å². The molecule has 0 bridgehead atoms. The maximum atomic E-state index is 13.3. The molecule has 1 aromatic heterocycles. The molecule has 2 heterocycles. The van der Waals surface area contributed by atoms with E-state index in [1.807, 2.05) is 28.8 Å². The van der Waals surface area contributed by atoms with Gasteiger partial charge in [0.25, 0.3) is 0 Å². The number of aromatic nitrogens is 2. The number of fused-ring (bicyclic) bond motifs is 2. The zero-order valence-corrected chi connectivity index (χ0v) is 10.6. The number of anilines is 1. The number of benzene rings is 2. The molecule has 1 atom stereocenters. The zero-order chi connectivity index (χ0) is 13.7. The number of nitrogen functional groups attached to an aromatic ring is 1. The molecule has 5 heteroatoms. The summed E-state index contributed by atoms with van der Waals surface area (Å²) in [6, 6.07) is 12.3. The molecule has 20 heavy (non-hydrogen) atoms. The fraction of sp³-hybridized carbons (Fsp3) is 0.133. The third-order valence-electron chi connectivity index (χ3n) is 3.67. The van der Waals surface area contributed by atoms with Crippen molar-refractivity contribution in [1.82, 2.24) is 9.55 Å². The van der Waals surface area contributed by atoms with Gasteiger partial charge in [0.05, 0.1) is 17.1 Å². The van der Waals surface area contributed by atoms with E-state index in [1.54, 1.807) is 6.07 Å². The summed E-state index contributed by atoms with van der Waals surface area (Å²) in [7, 11) is 0. The number of imidazole rings is 1. The van der Waals surface area contributed by atoms with Gasteiger partial charge in [-0.15, -0.1) is 0 Å². The average Bonchev–Trinajstić information content (AvgIpc) is 2.98. The number of ether oxygens (including phenoxy) is 1. The van der Waals surface area contributed by atoms with Gasteiger partial charge in [-0.3, -0.25) is 4.57 Å². The highest BCUT2D eigenvalue weighted by Crippen LogP contribution is 2.37. The van der Waals surface area contributed by atoms with Crippen molar-refractivity contribution in [1.29, 1.82) is 0 Å². The molecule has 1 unspecified atom stereocenters. The molecule has 2 aromatic carbocycles. The lowest BCUT2D eigenvalue weighted by molar-refractivity contribution is 0.320. The van der Waals surface area contributed by atoms with E-state index in [1.165, 1.54) is 12.1 Å². The van der Waals surface area contributed by atoms with Gasteiger partial charge in [-0.25, -0.2) is 9.37 Å². The fourth-order valence-corrected chi connectivity index (χ4v) is 2.78. The molecule has 0 radical (unpaired) electrons. The summed E-state index contributed by atoms with van der Waals surface area (Å²) in [5, 5.41) is 0. The second kappa shape index (κ2) is 3.96. The van der Waals surface area contributed by atoms with Gasteiger partial charge in [0.2, 0.25) is 5.95 Å². The largest absolute Gasteiger partial charge is 0.491 e. The lowest BCUT2D eigenvalue weighted by atomic mass is 10.1. The zero-order valence-electron chi connectivity index (χ0n) is 10.6. The Bertz CT molecular complexity index is 812. The molecular weight excluding hydrogens is 257 g/mol. The van der Waals surface area contributed by atoms with Crippen molar-refractivity contribution in [2.24, 2.45) is 0 Å². The first-order valence-electron chi connectivity index (χ1n) is 6.39. The van der Waals surface area contributed by atoms with Crippen molar-refractivity contribution in [2.75, 3.05) is 12.3 Å². The molecule has 0 amide bonds. The molecule has 0 saturated heterocycles. The maximum absolute atomic E-state index is 13.3. The molecule has 0 spiro atoms. The second-order valence-electron chi connectivity index (χ2n) is 4.84. The lowest BCUT2D eigenvalue weighted by Gasteiger charge is -2.13. The molecular formula is C15H12FN3O. The molecule has 4 nitrogen and oxygen atoms in total. The number of halogens is 1. The van der Waals surface area contributed by atoms with Gasteiger partial charge in [0.1, 0.15) is 18.2 Å². The molecule has 0 saturated carbocycles. The third-order valence-corrected chi connectivity index (χ3v) is 3.67. The van der Waals surface area contributed by atoms with Gasteiger partial charge < -0.3 is 10.5 Å². The van der Waals surface area contributed by atoms with E-state index in [2.05, 4.69) is 4.98 Å². The van der Waals surface area contributed by atoms with E-state index in [9.17, 15) is 4.39 Å². The molecule has 2 N–H and O–H groups in total. The summed E-state index contributed by atoms with van der Waals surface area (Å²) in [5.41, 5.74) is 8.46. The van der Waals surface area contributed by atoms with E-state index < -0.39 is 0 Å².